The highest BCUT2D eigenvalue weighted by atomic mass is 32.2. The van der Waals surface area contributed by atoms with Crippen LogP contribution in [0.4, 0.5) is 13.2 Å². The molecule has 0 amide bonds. The summed E-state index contributed by atoms with van der Waals surface area (Å²) in [6.07, 6.45) is -3.64. The Balaban J connectivity index is 2.97. The van der Waals surface area contributed by atoms with E-state index < -0.39 is 11.9 Å². The van der Waals surface area contributed by atoms with Gasteiger partial charge in [0, 0.05) is 10.7 Å². The molecule has 0 saturated heterocycles. The molecule has 0 aliphatic carbocycles. The van der Waals surface area contributed by atoms with E-state index in [0.717, 1.165) is 0 Å². The van der Waals surface area contributed by atoms with E-state index in [-0.39, 0.29) is 12.5 Å². The zero-order valence-electron chi connectivity index (χ0n) is 8.15. The minimum atomic E-state index is -4.34. The number of hydrogen-bond donors (Lipinski definition) is 0. The third-order valence-corrected chi connectivity index (χ3v) is 3.40. The van der Waals surface area contributed by atoms with Crippen LogP contribution in [0.15, 0.2) is 10.7 Å². The third kappa shape index (κ3) is 2.59. The van der Waals surface area contributed by atoms with Crippen LogP contribution < -0.4 is 0 Å². The van der Waals surface area contributed by atoms with Gasteiger partial charge in [0.1, 0.15) is 0 Å². The third-order valence-electron chi connectivity index (χ3n) is 2.13. The maximum atomic E-state index is 12.5. The lowest BCUT2D eigenvalue weighted by molar-refractivity contribution is -0.131. The monoisotopic (exact) mass is 226 g/mol. The minimum Gasteiger partial charge on any atom is -0.487 e. The molecule has 1 aliphatic heterocycles. The lowest BCUT2D eigenvalue weighted by atomic mass is 10.1. The van der Waals surface area contributed by atoms with Gasteiger partial charge in [-0.1, -0.05) is 13.8 Å². The van der Waals surface area contributed by atoms with Crippen molar-refractivity contribution in [1.29, 1.82) is 0 Å². The summed E-state index contributed by atoms with van der Waals surface area (Å²) < 4.78 is 42.2. The van der Waals surface area contributed by atoms with Gasteiger partial charge in [-0.3, -0.25) is 0 Å². The number of ether oxygens (including phenoxy) is 1. The molecule has 1 atom stereocenters. The second-order valence-electron chi connectivity index (χ2n) is 3.20. The quantitative estimate of drug-likeness (QED) is 0.711. The van der Waals surface area contributed by atoms with Crippen molar-refractivity contribution in [3.63, 3.8) is 0 Å². The van der Waals surface area contributed by atoms with Gasteiger partial charge >= 0.3 is 6.18 Å². The van der Waals surface area contributed by atoms with Crippen LogP contribution in [0.1, 0.15) is 20.3 Å². The standard InChI is InChI=1S/C9H13F3OS/c1-3-6(2)7-8(9(10,11)12)13-4-5-14-7/h6H,3-5H2,1-2H3. The second kappa shape index (κ2) is 4.47. The molecular formula is C9H13F3OS. The number of alkyl halides is 3. The second-order valence-corrected chi connectivity index (χ2v) is 4.33. The zero-order chi connectivity index (χ0) is 10.8. The van der Waals surface area contributed by atoms with Gasteiger partial charge in [0.25, 0.3) is 0 Å². The van der Waals surface area contributed by atoms with Crippen molar-refractivity contribution in [3.05, 3.63) is 10.7 Å². The maximum Gasteiger partial charge on any atom is 0.449 e. The largest absolute Gasteiger partial charge is 0.487 e. The predicted molar refractivity (Wildman–Crippen MR) is 50.9 cm³/mol. The van der Waals surface area contributed by atoms with E-state index in [0.29, 0.717) is 17.1 Å². The van der Waals surface area contributed by atoms with E-state index in [1.165, 1.54) is 11.8 Å². The van der Waals surface area contributed by atoms with Crippen molar-refractivity contribution >= 4 is 11.8 Å². The van der Waals surface area contributed by atoms with Crippen molar-refractivity contribution in [1.82, 2.24) is 0 Å². The molecule has 0 aromatic heterocycles. The van der Waals surface area contributed by atoms with Gasteiger partial charge < -0.3 is 4.74 Å². The molecule has 0 radical (unpaired) electrons. The lowest BCUT2D eigenvalue weighted by Gasteiger charge is -2.25. The number of hydrogen-bond acceptors (Lipinski definition) is 2. The summed E-state index contributed by atoms with van der Waals surface area (Å²) in [5.41, 5.74) is 0. The highest BCUT2D eigenvalue weighted by Gasteiger charge is 2.41. The Kier molecular flexibility index (Phi) is 3.75. The molecule has 0 spiro atoms. The van der Waals surface area contributed by atoms with Gasteiger partial charge in [0.2, 0.25) is 5.76 Å². The first kappa shape index (κ1) is 11.8. The Bertz CT molecular complexity index is 235. The first-order valence-electron chi connectivity index (χ1n) is 4.53. The molecule has 0 saturated carbocycles. The van der Waals surface area contributed by atoms with E-state index >= 15 is 0 Å². The van der Waals surface area contributed by atoms with E-state index in [4.69, 9.17) is 4.74 Å². The summed E-state index contributed by atoms with van der Waals surface area (Å²) in [7, 11) is 0. The number of halogens is 3. The average Bonchev–Trinajstić information content (AvgIpc) is 2.15. The summed E-state index contributed by atoms with van der Waals surface area (Å²) in [5, 5.41) is 0. The molecule has 1 heterocycles. The van der Waals surface area contributed by atoms with Gasteiger partial charge in [-0.25, -0.2) is 0 Å². The summed E-state index contributed by atoms with van der Waals surface area (Å²) in [6.45, 7) is 3.82. The molecule has 0 aromatic carbocycles. The minimum absolute atomic E-state index is 0.0723. The Morgan fingerprint density at radius 3 is 2.64 bits per heavy atom. The number of allylic oxidation sites excluding steroid dienone is 2. The topological polar surface area (TPSA) is 9.23 Å². The smallest absolute Gasteiger partial charge is 0.449 e. The van der Waals surface area contributed by atoms with Crippen molar-refractivity contribution < 1.29 is 17.9 Å². The fourth-order valence-corrected chi connectivity index (χ4v) is 2.35. The van der Waals surface area contributed by atoms with E-state index in [1.807, 2.05) is 6.92 Å². The van der Waals surface area contributed by atoms with E-state index in [9.17, 15) is 13.2 Å². The van der Waals surface area contributed by atoms with Crippen molar-refractivity contribution in [2.24, 2.45) is 5.92 Å². The van der Waals surface area contributed by atoms with Crippen molar-refractivity contribution in [3.8, 4) is 0 Å². The SMILES string of the molecule is CCC(C)C1=C(C(F)(F)F)OCCS1. The summed E-state index contributed by atoms with van der Waals surface area (Å²) >= 11 is 1.27. The van der Waals surface area contributed by atoms with Gasteiger partial charge in [-0.2, -0.15) is 13.2 Å². The summed E-state index contributed by atoms with van der Waals surface area (Å²) in [6, 6.07) is 0. The molecule has 0 bridgehead atoms. The molecule has 1 rings (SSSR count). The normalized spacial score (nSPS) is 20.6. The molecule has 5 heteroatoms. The molecular weight excluding hydrogens is 213 g/mol. The fourth-order valence-electron chi connectivity index (χ4n) is 1.21. The van der Waals surface area contributed by atoms with E-state index in [1.54, 1.807) is 6.92 Å². The first-order valence-corrected chi connectivity index (χ1v) is 5.52. The average molecular weight is 226 g/mol. The van der Waals surface area contributed by atoms with Crippen LogP contribution in [0.5, 0.6) is 0 Å². The molecule has 1 nitrogen and oxygen atoms in total. The summed E-state index contributed by atoms with van der Waals surface area (Å²) in [5.74, 6) is -0.237. The molecule has 0 N–H and O–H groups in total. The highest BCUT2D eigenvalue weighted by Crippen LogP contribution is 2.40. The Morgan fingerprint density at radius 1 is 1.50 bits per heavy atom. The number of rotatable bonds is 2. The predicted octanol–water partition coefficient (Wildman–Crippen LogP) is 3.57. The molecule has 82 valence electrons. The lowest BCUT2D eigenvalue weighted by Crippen LogP contribution is -2.23. The molecule has 14 heavy (non-hydrogen) atoms. The van der Waals surface area contributed by atoms with Crippen molar-refractivity contribution in [2.45, 2.75) is 26.4 Å². The van der Waals surface area contributed by atoms with Crippen molar-refractivity contribution in [2.75, 3.05) is 12.4 Å². The molecule has 0 fully saturated rings. The Labute approximate surface area is 85.7 Å². The molecule has 1 unspecified atom stereocenters. The summed E-state index contributed by atoms with van der Waals surface area (Å²) in [4.78, 5) is 0.353. The number of thioether (sulfide) groups is 1. The van der Waals surface area contributed by atoms with E-state index in [2.05, 4.69) is 0 Å². The Hall–Kier alpha value is -0.320. The van der Waals surface area contributed by atoms with Crippen LogP contribution in [-0.4, -0.2) is 18.5 Å². The Morgan fingerprint density at radius 2 is 2.14 bits per heavy atom. The van der Waals surface area contributed by atoms with Crippen LogP contribution >= 0.6 is 11.8 Å². The van der Waals surface area contributed by atoms with Crippen LogP contribution in [0, 0.1) is 5.92 Å². The first-order chi connectivity index (χ1) is 6.46. The molecule has 0 aromatic rings. The van der Waals surface area contributed by atoms with Crippen LogP contribution in [0.2, 0.25) is 0 Å². The van der Waals surface area contributed by atoms with Gasteiger partial charge in [0.15, 0.2) is 0 Å². The maximum absolute atomic E-state index is 12.5. The van der Waals surface area contributed by atoms with Crippen LogP contribution in [0.25, 0.3) is 0 Å². The molecule has 1 aliphatic rings. The fraction of sp³-hybridized carbons (Fsp3) is 0.778. The zero-order valence-corrected chi connectivity index (χ0v) is 8.97. The van der Waals surface area contributed by atoms with Gasteiger partial charge in [-0.05, 0) is 12.3 Å². The van der Waals surface area contributed by atoms with Crippen LogP contribution in [0.3, 0.4) is 0 Å². The highest BCUT2D eigenvalue weighted by molar-refractivity contribution is 8.03. The van der Waals surface area contributed by atoms with Gasteiger partial charge in [-0.15, -0.1) is 11.8 Å². The van der Waals surface area contributed by atoms with Crippen LogP contribution in [-0.2, 0) is 4.74 Å². The van der Waals surface area contributed by atoms with Gasteiger partial charge in [0.05, 0.1) is 6.61 Å².